The SMILES string of the molecule is C1CC2CCC3CC[C-]1N23. The van der Waals surface area contributed by atoms with Crippen molar-refractivity contribution in [2.75, 3.05) is 0 Å². The predicted octanol–water partition coefficient (Wildman–Crippen LogP) is 1.94. The van der Waals surface area contributed by atoms with E-state index in [4.69, 9.17) is 0 Å². The van der Waals surface area contributed by atoms with Crippen LogP contribution in [0.3, 0.4) is 0 Å². The summed E-state index contributed by atoms with van der Waals surface area (Å²) < 4.78 is 0. The first kappa shape index (κ1) is 5.59. The summed E-state index contributed by atoms with van der Waals surface area (Å²) in [7, 11) is 0. The fraction of sp³-hybridized carbons (Fsp3) is 0.889. The first-order valence-corrected chi connectivity index (χ1v) is 4.58. The van der Waals surface area contributed by atoms with Gasteiger partial charge in [-0.25, -0.2) is 0 Å². The maximum atomic E-state index is 2.75. The molecule has 0 aromatic carbocycles. The fourth-order valence-electron chi connectivity index (χ4n) is 3.09. The normalized spacial score (nSPS) is 46.8. The number of rotatable bonds is 0. The Balaban J connectivity index is 1.94. The molecule has 0 spiro atoms. The fourth-order valence-corrected chi connectivity index (χ4v) is 3.09. The Labute approximate surface area is 62.4 Å². The Hall–Kier alpha value is -0.0400. The summed E-state index contributed by atoms with van der Waals surface area (Å²) in [5.74, 6) is 0. The van der Waals surface area contributed by atoms with E-state index >= 15 is 0 Å². The third-order valence-electron chi connectivity index (χ3n) is 3.52. The summed E-state index contributed by atoms with van der Waals surface area (Å²) in [5, 5.41) is 0. The Bertz CT molecular complexity index is 114. The highest BCUT2D eigenvalue weighted by atomic mass is 15.3. The zero-order chi connectivity index (χ0) is 6.55. The molecular formula is C9H14N-. The zero-order valence-corrected chi connectivity index (χ0v) is 6.34. The summed E-state index contributed by atoms with van der Waals surface area (Å²) in [6.07, 6.45) is 8.81. The van der Waals surface area contributed by atoms with Gasteiger partial charge in [-0.3, -0.25) is 6.04 Å². The first-order chi connectivity index (χ1) is 4.95. The predicted molar refractivity (Wildman–Crippen MR) is 40.4 cm³/mol. The third kappa shape index (κ3) is 0.531. The van der Waals surface area contributed by atoms with E-state index < -0.39 is 0 Å². The van der Waals surface area contributed by atoms with Crippen molar-refractivity contribution < 1.29 is 0 Å². The quantitative estimate of drug-likeness (QED) is 0.460. The average Bonchev–Trinajstić information content (AvgIpc) is 2.56. The molecule has 2 unspecified atom stereocenters. The molecular weight excluding hydrogens is 122 g/mol. The van der Waals surface area contributed by atoms with Crippen molar-refractivity contribution in [3.63, 3.8) is 0 Å². The van der Waals surface area contributed by atoms with E-state index in [1.165, 1.54) is 38.5 Å². The minimum atomic E-state index is 0.988. The average molecular weight is 136 g/mol. The Morgan fingerprint density at radius 1 is 0.900 bits per heavy atom. The summed E-state index contributed by atoms with van der Waals surface area (Å²) in [4.78, 5) is 2.75. The van der Waals surface area contributed by atoms with Gasteiger partial charge in [0.2, 0.25) is 0 Å². The van der Waals surface area contributed by atoms with Gasteiger partial charge in [-0.2, -0.15) is 12.8 Å². The highest BCUT2D eigenvalue weighted by molar-refractivity contribution is 5.11. The molecule has 0 aromatic rings. The van der Waals surface area contributed by atoms with Crippen LogP contribution in [-0.4, -0.2) is 17.0 Å². The molecule has 1 heteroatoms. The van der Waals surface area contributed by atoms with Crippen molar-refractivity contribution >= 4 is 0 Å². The van der Waals surface area contributed by atoms with Gasteiger partial charge in [-0.1, -0.05) is 12.8 Å². The number of nitrogens with zero attached hydrogens (tertiary/aromatic N) is 1. The first-order valence-electron chi connectivity index (χ1n) is 4.58. The Kier molecular flexibility index (Phi) is 0.984. The Morgan fingerprint density at radius 2 is 1.50 bits per heavy atom. The second-order valence-corrected chi connectivity index (χ2v) is 3.94. The highest BCUT2D eigenvalue weighted by Gasteiger charge is 2.37. The molecule has 3 aliphatic rings. The van der Waals surface area contributed by atoms with E-state index in [1.54, 1.807) is 6.04 Å². The molecule has 1 nitrogen and oxygen atoms in total. The maximum absolute atomic E-state index is 2.75. The zero-order valence-electron chi connectivity index (χ0n) is 6.34. The van der Waals surface area contributed by atoms with Gasteiger partial charge in [0.1, 0.15) is 0 Å². The molecule has 56 valence electrons. The monoisotopic (exact) mass is 136 g/mol. The lowest BCUT2D eigenvalue weighted by molar-refractivity contribution is 0.295. The van der Waals surface area contributed by atoms with E-state index in [0.29, 0.717) is 0 Å². The van der Waals surface area contributed by atoms with Crippen LogP contribution in [0, 0.1) is 6.04 Å². The van der Waals surface area contributed by atoms with Gasteiger partial charge in [0, 0.05) is 0 Å². The smallest absolute Gasteiger partial charge is 0.0202 e. The lowest BCUT2D eigenvalue weighted by Crippen LogP contribution is -2.26. The van der Waals surface area contributed by atoms with Crippen molar-refractivity contribution in [2.45, 2.75) is 50.6 Å². The Morgan fingerprint density at radius 3 is 2.10 bits per heavy atom. The topological polar surface area (TPSA) is 3.24 Å². The molecule has 0 aliphatic carbocycles. The van der Waals surface area contributed by atoms with Crippen molar-refractivity contribution in [3.05, 3.63) is 6.04 Å². The lowest BCUT2D eigenvalue weighted by atomic mass is 10.1. The molecule has 3 saturated heterocycles. The largest absolute Gasteiger partial charge is 0.449 e. The summed E-state index contributed by atoms with van der Waals surface area (Å²) in [6.45, 7) is 0. The molecule has 0 aromatic heterocycles. The van der Waals surface area contributed by atoms with E-state index in [1.807, 2.05) is 0 Å². The van der Waals surface area contributed by atoms with Crippen molar-refractivity contribution in [1.82, 2.24) is 4.90 Å². The molecule has 3 rings (SSSR count). The van der Waals surface area contributed by atoms with Gasteiger partial charge < -0.3 is 4.90 Å². The number of hydrogen-bond acceptors (Lipinski definition) is 1. The van der Waals surface area contributed by atoms with Crippen LogP contribution >= 0.6 is 0 Å². The van der Waals surface area contributed by atoms with Gasteiger partial charge in [0.25, 0.3) is 0 Å². The van der Waals surface area contributed by atoms with Gasteiger partial charge in [0.05, 0.1) is 0 Å². The molecule has 3 fully saturated rings. The van der Waals surface area contributed by atoms with Crippen LogP contribution in [0.5, 0.6) is 0 Å². The second-order valence-electron chi connectivity index (χ2n) is 3.94. The van der Waals surface area contributed by atoms with E-state index in [-0.39, 0.29) is 0 Å². The molecule has 0 radical (unpaired) electrons. The summed E-state index contributed by atoms with van der Waals surface area (Å²) in [6, 6.07) is 3.78. The minimum absolute atomic E-state index is 0.988. The van der Waals surface area contributed by atoms with Crippen LogP contribution in [0.15, 0.2) is 0 Å². The molecule has 3 heterocycles. The minimum Gasteiger partial charge on any atom is -0.449 e. The lowest BCUT2D eigenvalue weighted by Gasteiger charge is -2.33. The van der Waals surface area contributed by atoms with Crippen LogP contribution in [0.4, 0.5) is 0 Å². The highest BCUT2D eigenvalue weighted by Crippen LogP contribution is 2.48. The molecule has 0 amide bonds. The van der Waals surface area contributed by atoms with Crippen LogP contribution in [0.2, 0.25) is 0 Å². The molecule has 3 aliphatic heterocycles. The maximum Gasteiger partial charge on any atom is -0.0202 e. The molecule has 10 heavy (non-hydrogen) atoms. The molecule has 0 bridgehead atoms. The van der Waals surface area contributed by atoms with Crippen molar-refractivity contribution in [1.29, 1.82) is 0 Å². The summed E-state index contributed by atoms with van der Waals surface area (Å²) in [5.41, 5.74) is 0. The standard InChI is InChI=1S/C9H14N/c1-2-8-5-6-9-4-3-7(1)10(8)9/h7-8H,1-6H2/q-1. The van der Waals surface area contributed by atoms with Gasteiger partial charge in [-0.05, 0) is 24.9 Å². The van der Waals surface area contributed by atoms with Crippen LogP contribution in [0.1, 0.15) is 38.5 Å². The van der Waals surface area contributed by atoms with Crippen molar-refractivity contribution in [3.8, 4) is 0 Å². The summed E-state index contributed by atoms with van der Waals surface area (Å²) >= 11 is 0. The molecule has 0 saturated carbocycles. The van der Waals surface area contributed by atoms with Gasteiger partial charge >= 0.3 is 0 Å². The van der Waals surface area contributed by atoms with E-state index in [0.717, 1.165) is 12.1 Å². The number of hydrogen-bond donors (Lipinski definition) is 0. The van der Waals surface area contributed by atoms with E-state index in [2.05, 4.69) is 4.90 Å². The van der Waals surface area contributed by atoms with Crippen LogP contribution in [0.25, 0.3) is 0 Å². The van der Waals surface area contributed by atoms with Gasteiger partial charge in [-0.15, -0.1) is 0 Å². The molecule has 0 N–H and O–H groups in total. The van der Waals surface area contributed by atoms with E-state index in [9.17, 15) is 0 Å². The van der Waals surface area contributed by atoms with Crippen molar-refractivity contribution in [2.24, 2.45) is 0 Å². The third-order valence-corrected chi connectivity index (χ3v) is 3.52. The van der Waals surface area contributed by atoms with Crippen LogP contribution < -0.4 is 0 Å². The second kappa shape index (κ2) is 1.76. The van der Waals surface area contributed by atoms with Crippen LogP contribution in [-0.2, 0) is 0 Å². The van der Waals surface area contributed by atoms with Gasteiger partial charge in [0.15, 0.2) is 0 Å². The molecule has 2 atom stereocenters.